The first-order valence-electron chi connectivity index (χ1n) is 7.62. The second kappa shape index (κ2) is 6.56. The highest BCUT2D eigenvalue weighted by atomic mass is 32.2. The summed E-state index contributed by atoms with van der Waals surface area (Å²) in [6.45, 7) is 5.33. The van der Waals surface area contributed by atoms with Crippen LogP contribution in [0.25, 0.3) is 0 Å². The molecular weight excluding hydrogens is 302 g/mol. The molecule has 1 fully saturated rings. The van der Waals surface area contributed by atoms with E-state index in [-0.39, 0.29) is 18.7 Å². The van der Waals surface area contributed by atoms with E-state index in [4.69, 9.17) is 4.74 Å². The van der Waals surface area contributed by atoms with Crippen LogP contribution >= 0.6 is 0 Å². The first-order chi connectivity index (χ1) is 10.3. The van der Waals surface area contributed by atoms with Crippen LogP contribution in [-0.2, 0) is 10.0 Å². The van der Waals surface area contributed by atoms with E-state index in [1.807, 2.05) is 6.92 Å². The van der Waals surface area contributed by atoms with Crippen molar-refractivity contribution in [1.29, 1.82) is 0 Å². The van der Waals surface area contributed by atoms with Crippen LogP contribution in [0.1, 0.15) is 37.3 Å². The minimum absolute atomic E-state index is 0.100. The minimum Gasteiger partial charge on any atom is -0.497 e. The Morgan fingerprint density at radius 1 is 1.27 bits per heavy atom. The number of ether oxygens (including phenoxy) is 1. The third kappa shape index (κ3) is 3.00. The number of piperidine rings is 1. The molecule has 0 bridgehead atoms. The predicted molar refractivity (Wildman–Crippen MR) is 85.7 cm³/mol. The molecule has 5 nitrogen and oxygen atoms in total. The summed E-state index contributed by atoms with van der Waals surface area (Å²) in [5, 5.41) is 9.58. The Kier molecular flexibility index (Phi) is 5.14. The van der Waals surface area contributed by atoms with Gasteiger partial charge < -0.3 is 9.84 Å². The SMILES string of the molecule is COc1cc(C)c(S(=O)(=O)N2C(C)CCCC2CO)c(C)c1. The van der Waals surface area contributed by atoms with Crippen LogP contribution in [0, 0.1) is 13.8 Å². The third-order valence-corrected chi connectivity index (χ3v) is 6.74. The van der Waals surface area contributed by atoms with Gasteiger partial charge in [0.25, 0.3) is 0 Å². The van der Waals surface area contributed by atoms with Crippen molar-refractivity contribution in [3.63, 3.8) is 0 Å². The molecule has 1 heterocycles. The van der Waals surface area contributed by atoms with Gasteiger partial charge in [-0.2, -0.15) is 4.31 Å². The fraction of sp³-hybridized carbons (Fsp3) is 0.625. The van der Waals surface area contributed by atoms with Gasteiger partial charge in [-0.1, -0.05) is 6.42 Å². The molecule has 0 radical (unpaired) electrons. The summed E-state index contributed by atoms with van der Waals surface area (Å²) < 4.78 is 33.1. The number of hydrogen-bond acceptors (Lipinski definition) is 4. The largest absolute Gasteiger partial charge is 0.497 e. The summed E-state index contributed by atoms with van der Waals surface area (Å²) in [5.41, 5.74) is 1.35. The summed E-state index contributed by atoms with van der Waals surface area (Å²) in [4.78, 5) is 0.334. The molecule has 1 N–H and O–H groups in total. The normalized spacial score (nSPS) is 23.5. The van der Waals surface area contributed by atoms with Crippen molar-refractivity contribution >= 4 is 10.0 Å². The highest BCUT2D eigenvalue weighted by Crippen LogP contribution is 2.34. The standard InChI is InChI=1S/C16H25NO4S/c1-11-8-15(21-4)9-12(2)16(11)22(19,20)17-13(3)6-5-7-14(17)10-18/h8-9,13-14,18H,5-7,10H2,1-4H3. The Labute approximate surface area is 133 Å². The Balaban J connectivity index is 2.54. The van der Waals surface area contributed by atoms with Crippen LogP contribution in [0.15, 0.2) is 17.0 Å². The molecule has 1 saturated heterocycles. The van der Waals surface area contributed by atoms with Gasteiger partial charge in [0, 0.05) is 12.1 Å². The Morgan fingerprint density at radius 2 is 1.86 bits per heavy atom. The van der Waals surface area contributed by atoms with Crippen molar-refractivity contribution in [2.75, 3.05) is 13.7 Å². The number of methoxy groups -OCH3 is 1. The van der Waals surface area contributed by atoms with Gasteiger partial charge in [0.05, 0.1) is 18.6 Å². The molecule has 2 rings (SSSR count). The summed E-state index contributed by atoms with van der Waals surface area (Å²) in [6, 6.07) is 3.04. The second-order valence-corrected chi connectivity index (χ2v) is 7.82. The van der Waals surface area contributed by atoms with Crippen LogP contribution in [0.4, 0.5) is 0 Å². The Bertz CT molecular complexity index is 619. The third-order valence-electron chi connectivity index (χ3n) is 4.37. The molecule has 0 amide bonds. The van der Waals surface area contributed by atoms with Gasteiger partial charge in [0.15, 0.2) is 0 Å². The predicted octanol–water partition coefficient (Wildman–Crippen LogP) is 2.24. The first kappa shape index (κ1) is 17.2. The lowest BCUT2D eigenvalue weighted by molar-refractivity contribution is 0.122. The lowest BCUT2D eigenvalue weighted by Gasteiger charge is -2.39. The van der Waals surface area contributed by atoms with Crippen LogP contribution in [0.2, 0.25) is 0 Å². The molecule has 0 saturated carbocycles. The fourth-order valence-corrected chi connectivity index (χ4v) is 5.70. The van der Waals surface area contributed by atoms with E-state index in [2.05, 4.69) is 0 Å². The van der Waals surface area contributed by atoms with Gasteiger partial charge in [0.2, 0.25) is 10.0 Å². The van der Waals surface area contributed by atoms with E-state index in [9.17, 15) is 13.5 Å². The van der Waals surface area contributed by atoms with Crippen molar-refractivity contribution in [3.05, 3.63) is 23.3 Å². The van der Waals surface area contributed by atoms with Crippen molar-refractivity contribution in [1.82, 2.24) is 4.31 Å². The molecule has 124 valence electrons. The average Bonchev–Trinajstić information content (AvgIpc) is 2.45. The molecule has 2 atom stereocenters. The zero-order valence-corrected chi connectivity index (χ0v) is 14.5. The molecule has 1 aromatic rings. The fourth-order valence-electron chi connectivity index (χ4n) is 3.41. The van der Waals surface area contributed by atoms with E-state index in [1.54, 1.807) is 33.1 Å². The monoisotopic (exact) mass is 327 g/mol. The zero-order valence-electron chi connectivity index (χ0n) is 13.7. The lowest BCUT2D eigenvalue weighted by atomic mass is 10.0. The van der Waals surface area contributed by atoms with Crippen LogP contribution in [-0.4, -0.2) is 43.6 Å². The van der Waals surface area contributed by atoms with Crippen molar-refractivity contribution < 1.29 is 18.3 Å². The van der Waals surface area contributed by atoms with Gasteiger partial charge in [0.1, 0.15) is 5.75 Å². The summed E-state index contributed by atoms with van der Waals surface area (Å²) in [7, 11) is -2.07. The first-order valence-corrected chi connectivity index (χ1v) is 9.06. The number of benzene rings is 1. The maximum atomic E-state index is 13.2. The van der Waals surface area contributed by atoms with Gasteiger partial charge in [-0.05, 0) is 56.9 Å². The number of sulfonamides is 1. The molecular formula is C16H25NO4S. The van der Waals surface area contributed by atoms with E-state index in [0.29, 0.717) is 28.2 Å². The summed E-state index contributed by atoms with van der Waals surface area (Å²) in [5.74, 6) is 0.652. The van der Waals surface area contributed by atoms with Gasteiger partial charge in [-0.15, -0.1) is 0 Å². The number of hydrogen-bond donors (Lipinski definition) is 1. The Morgan fingerprint density at radius 3 is 2.36 bits per heavy atom. The maximum Gasteiger partial charge on any atom is 0.244 e. The van der Waals surface area contributed by atoms with Gasteiger partial charge in [-0.3, -0.25) is 0 Å². The second-order valence-electron chi connectivity index (χ2n) is 6.04. The number of rotatable bonds is 4. The van der Waals surface area contributed by atoms with Gasteiger partial charge in [-0.25, -0.2) is 8.42 Å². The topological polar surface area (TPSA) is 66.8 Å². The minimum atomic E-state index is -3.64. The summed E-state index contributed by atoms with van der Waals surface area (Å²) in [6.07, 6.45) is 2.47. The van der Waals surface area contributed by atoms with Gasteiger partial charge >= 0.3 is 0 Å². The molecule has 22 heavy (non-hydrogen) atoms. The number of aryl methyl sites for hydroxylation is 2. The number of nitrogens with zero attached hydrogens (tertiary/aromatic N) is 1. The van der Waals surface area contributed by atoms with Crippen molar-refractivity contribution in [2.24, 2.45) is 0 Å². The summed E-state index contributed by atoms with van der Waals surface area (Å²) >= 11 is 0. The molecule has 1 aromatic carbocycles. The van der Waals surface area contributed by atoms with Crippen LogP contribution < -0.4 is 4.74 Å². The molecule has 1 aliphatic rings. The number of aliphatic hydroxyl groups excluding tert-OH is 1. The average molecular weight is 327 g/mol. The zero-order chi connectivity index (χ0) is 16.5. The molecule has 2 unspecified atom stereocenters. The van der Waals surface area contributed by atoms with E-state index in [0.717, 1.165) is 12.8 Å². The van der Waals surface area contributed by atoms with E-state index < -0.39 is 10.0 Å². The Hall–Kier alpha value is -1.11. The smallest absolute Gasteiger partial charge is 0.244 e. The molecule has 0 aromatic heterocycles. The van der Waals surface area contributed by atoms with Crippen LogP contribution in [0.3, 0.4) is 0 Å². The van der Waals surface area contributed by atoms with Crippen molar-refractivity contribution in [3.8, 4) is 5.75 Å². The highest BCUT2D eigenvalue weighted by molar-refractivity contribution is 7.89. The quantitative estimate of drug-likeness (QED) is 0.921. The molecule has 1 aliphatic heterocycles. The molecule has 0 aliphatic carbocycles. The lowest BCUT2D eigenvalue weighted by Crippen LogP contribution is -2.50. The van der Waals surface area contributed by atoms with Crippen molar-refractivity contribution in [2.45, 2.75) is 57.0 Å². The maximum absolute atomic E-state index is 13.2. The van der Waals surface area contributed by atoms with Crippen LogP contribution in [0.5, 0.6) is 5.75 Å². The molecule has 6 heteroatoms. The molecule has 0 spiro atoms. The van der Waals surface area contributed by atoms with E-state index in [1.165, 1.54) is 4.31 Å². The highest BCUT2D eigenvalue weighted by Gasteiger charge is 2.38. The number of aliphatic hydroxyl groups is 1. The van der Waals surface area contributed by atoms with E-state index >= 15 is 0 Å².